The lowest BCUT2D eigenvalue weighted by molar-refractivity contribution is 0.0695. The summed E-state index contributed by atoms with van der Waals surface area (Å²) >= 11 is 0. The van der Waals surface area contributed by atoms with Gasteiger partial charge >= 0.3 is 6.03 Å². The third kappa shape index (κ3) is 10.5. The van der Waals surface area contributed by atoms with E-state index in [1.54, 1.807) is 60.8 Å². The van der Waals surface area contributed by atoms with Gasteiger partial charge in [-0.05, 0) is 66.8 Å². The molecular weight excluding hydrogens is 785 g/mol. The van der Waals surface area contributed by atoms with Crippen molar-refractivity contribution in [2.45, 2.75) is 58.7 Å². The summed E-state index contributed by atoms with van der Waals surface area (Å²) in [6, 6.07) is 23.0. The summed E-state index contributed by atoms with van der Waals surface area (Å²) in [7, 11) is -0.700. The molecule has 1 aliphatic heterocycles. The highest BCUT2D eigenvalue weighted by Crippen LogP contribution is 2.40. The van der Waals surface area contributed by atoms with Gasteiger partial charge in [-0.3, -0.25) is 14.4 Å². The van der Waals surface area contributed by atoms with Crippen molar-refractivity contribution in [1.29, 1.82) is 0 Å². The molecule has 15 nitrogen and oxygen atoms in total. The standard InChI is InChI=1S/C44H54N8O7S/c1-9-40(52-21-20-45-26-27(52)2)50-42(53)33-15-14-29(24-38(33)57-6)47-39-25-30(18-19-46-39)59-37-17-16-34(31-12-10-11-13-32(31)37)48-43(54)49-35-22-28(44(3,4)5)23-36(41(35)58-7)51-60(8,55)56/h10-19,22-25,27,40,45,51H,9,20-21,26H2,1-8H3,(H,46,47)(H,50,53)(H2,48,49,54). The van der Waals surface area contributed by atoms with Crippen LogP contribution in [0.1, 0.15) is 57.0 Å². The number of benzene rings is 4. The van der Waals surface area contributed by atoms with E-state index in [1.807, 2.05) is 45.0 Å². The summed E-state index contributed by atoms with van der Waals surface area (Å²) in [6.07, 6.45) is 3.36. The highest BCUT2D eigenvalue weighted by atomic mass is 32.2. The number of sulfonamides is 1. The van der Waals surface area contributed by atoms with E-state index in [0.717, 1.165) is 48.6 Å². The van der Waals surface area contributed by atoms with Gasteiger partial charge in [-0.1, -0.05) is 52.0 Å². The number of urea groups is 1. The van der Waals surface area contributed by atoms with Crippen LogP contribution in [0, 0.1) is 0 Å². The van der Waals surface area contributed by atoms with Crippen LogP contribution in [0.4, 0.5) is 33.4 Å². The number of carbonyl (C=O) groups is 2. The average Bonchev–Trinajstić information content (AvgIpc) is 3.20. The Morgan fingerprint density at radius 3 is 2.33 bits per heavy atom. The normalized spacial score (nSPS) is 15.1. The van der Waals surface area contributed by atoms with Crippen molar-refractivity contribution < 1.29 is 32.2 Å². The van der Waals surface area contributed by atoms with E-state index in [2.05, 4.69) is 55.0 Å². The molecule has 2 unspecified atom stereocenters. The number of anilines is 5. The zero-order valence-corrected chi connectivity index (χ0v) is 36.0. The molecule has 3 amide bonds. The molecule has 4 aromatic carbocycles. The SMILES string of the molecule is CCC(NC(=O)c1ccc(Nc2cc(Oc3ccc(NC(=O)Nc4cc(C(C)(C)C)cc(NS(C)(=O)=O)c4OC)c4ccccc34)ccn2)cc1OC)N1CCNCC1C. The molecule has 2 atom stereocenters. The van der Waals surface area contributed by atoms with Crippen LogP contribution in [-0.4, -0.2) is 82.6 Å². The van der Waals surface area contributed by atoms with E-state index in [4.69, 9.17) is 14.2 Å². The van der Waals surface area contributed by atoms with Crippen molar-refractivity contribution in [3.63, 3.8) is 0 Å². The van der Waals surface area contributed by atoms with Crippen molar-refractivity contribution in [2.75, 3.05) is 60.8 Å². The second-order valence-electron chi connectivity index (χ2n) is 15.7. The van der Waals surface area contributed by atoms with Gasteiger partial charge in [-0.2, -0.15) is 0 Å². The first-order valence-corrected chi connectivity index (χ1v) is 21.6. The first-order chi connectivity index (χ1) is 28.6. The zero-order chi connectivity index (χ0) is 43.2. The van der Waals surface area contributed by atoms with Crippen molar-refractivity contribution in [1.82, 2.24) is 20.5 Å². The number of aromatic nitrogens is 1. The van der Waals surface area contributed by atoms with Gasteiger partial charge in [0.1, 0.15) is 23.1 Å². The first kappa shape index (κ1) is 43.5. The number of nitrogens with one attached hydrogen (secondary N) is 6. The summed E-state index contributed by atoms with van der Waals surface area (Å²) < 4.78 is 44.5. The Hall–Kier alpha value is -6.10. The Balaban J connectivity index is 1.17. The fraction of sp³-hybridized carbons (Fsp3) is 0.341. The quantitative estimate of drug-likeness (QED) is 0.0640. The maximum atomic E-state index is 13.5. The van der Waals surface area contributed by atoms with Crippen LogP contribution in [0.25, 0.3) is 10.8 Å². The van der Waals surface area contributed by atoms with Crippen LogP contribution < -0.4 is 45.5 Å². The van der Waals surface area contributed by atoms with Crippen molar-refractivity contribution >= 4 is 61.3 Å². The number of ether oxygens (including phenoxy) is 3. The fourth-order valence-electron chi connectivity index (χ4n) is 7.14. The fourth-order valence-corrected chi connectivity index (χ4v) is 7.69. The second kappa shape index (κ2) is 18.4. The summed E-state index contributed by atoms with van der Waals surface area (Å²) in [5, 5.41) is 17.1. The van der Waals surface area contributed by atoms with Crippen molar-refractivity contribution in [2.24, 2.45) is 0 Å². The lowest BCUT2D eigenvalue weighted by atomic mass is 9.86. The molecule has 0 aliphatic carbocycles. The number of piperazine rings is 1. The minimum absolute atomic E-state index is 0.0945. The number of hydrogen-bond donors (Lipinski definition) is 6. The Morgan fingerprint density at radius 2 is 1.65 bits per heavy atom. The molecule has 1 fully saturated rings. The van der Waals surface area contributed by atoms with E-state index in [-0.39, 0.29) is 28.9 Å². The van der Waals surface area contributed by atoms with Gasteiger partial charge in [0.25, 0.3) is 5.91 Å². The molecule has 60 heavy (non-hydrogen) atoms. The lowest BCUT2D eigenvalue weighted by Crippen LogP contribution is -2.58. The van der Waals surface area contributed by atoms with Crippen LogP contribution in [0.15, 0.2) is 85.1 Å². The molecule has 0 spiro atoms. The van der Waals surface area contributed by atoms with E-state index in [1.165, 1.54) is 14.2 Å². The maximum Gasteiger partial charge on any atom is 0.323 e. The van der Waals surface area contributed by atoms with E-state index < -0.39 is 16.1 Å². The number of hydrogen-bond acceptors (Lipinski definition) is 11. The smallest absolute Gasteiger partial charge is 0.323 e. The highest BCUT2D eigenvalue weighted by Gasteiger charge is 2.27. The number of amides is 3. The van der Waals surface area contributed by atoms with Crippen LogP contribution in [0.3, 0.4) is 0 Å². The predicted octanol–water partition coefficient (Wildman–Crippen LogP) is 7.86. The number of nitrogens with zero attached hydrogens (tertiary/aromatic N) is 2. The summed E-state index contributed by atoms with van der Waals surface area (Å²) in [5.41, 5.74) is 2.53. The molecule has 0 radical (unpaired) electrons. The van der Waals surface area contributed by atoms with E-state index in [0.29, 0.717) is 51.7 Å². The average molecular weight is 839 g/mol. The number of pyridine rings is 1. The van der Waals surface area contributed by atoms with Crippen molar-refractivity contribution in [3.05, 3.63) is 96.2 Å². The van der Waals surface area contributed by atoms with Gasteiger partial charge < -0.3 is 40.8 Å². The highest BCUT2D eigenvalue weighted by molar-refractivity contribution is 7.92. The molecule has 1 aromatic heterocycles. The molecule has 2 heterocycles. The number of carbonyl (C=O) groups excluding carboxylic acids is 2. The van der Waals surface area contributed by atoms with Gasteiger partial charge in [0.2, 0.25) is 10.0 Å². The maximum absolute atomic E-state index is 13.5. The largest absolute Gasteiger partial charge is 0.496 e. The lowest BCUT2D eigenvalue weighted by Gasteiger charge is -2.39. The Labute approximate surface area is 351 Å². The van der Waals surface area contributed by atoms with Crippen LogP contribution in [-0.2, 0) is 15.4 Å². The third-order valence-corrected chi connectivity index (χ3v) is 10.7. The van der Waals surface area contributed by atoms with Crippen LogP contribution in [0.5, 0.6) is 23.0 Å². The summed E-state index contributed by atoms with van der Waals surface area (Å²) in [4.78, 5) is 33.8. The van der Waals surface area contributed by atoms with E-state index in [9.17, 15) is 18.0 Å². The number of rotatable bonds is 14. The predicted molar refractivity (Wildman–Crippen MR) is 238 cm³/mol. The summed E-state index contributed by atoms with van der Waals surface area (Å²) in [5.74, 6) is 1.95. The molecule has 1 saturated heterocycles. The third-order valence-electron chi connectivity index (χ3n) is 10.2. The molecule has 1 aliphatic rings. The Bertz CT molecular complexity index is 2470. The van der Waals surface area contributed by atoms with Gasteiger partial charge in [-0.15, -0.1) is 0 Å². The molecule has 0 saturated carbocycles. The van der Waals surface area contributed by atoms with Gasteiger partial charge in [0.15, 0.2) is 5.75 Å². The molecule has 6 rings (SSSR count). The van der Waals surface area contributed by atoms with Gasteiger partial charge in [0, 0.05) is 60.5 Å². The Kier molecular flexibility index (Phi) is 13.4. The molecular formula is C44H54N8O7S. The minimum atomic E-state index is -3.65. The monoisotopic (exact) mass is 838 g/mol. The van der Waals surface area contributed by atoms with Crippen LogP contribution in [0.2, 0.25) is 0 Å². The van der Waals surface area contributed by atoms with Crippen molar-refractivity contribution in [3.8, 4) is 23.0 Å². The van der Waals surface area contributed by atoms with E-state index >= 15 is 0 Å². The first-order valence-electron chi connectivity index (χ1n) is 19.7. The van der Waals surface area contributed by atoms with Gasteiger partial charge in [-0.25, -0.2) is 18.2 Å². The molecule has 0 bridgehead atoms. The zero-order valence-electron chi connectivity index (χ0n) is 35.2. The number of fused-ring (bicyclic) bond motifs is 1. The molecule has 6 N–H and O–H groups in total. The minimum Gasteiger partial charge on any atom is -0.496 e. The Morgan fingerprint density at radius 1 is 0.917 bits per heavy atom. The molecule has 16 heteroatoms. The molecule has 318 valence electrons. The molecule has 5 aromatic rings. The van der Waals surface area contributed by atoms with Crippen LogP contribution >= 0.6 is 0 Å². The van der Waals surface area contributed by atoms with Gasteiger partial charge in [0.05, 0.1) is 49.3 Å². The summed E-state index contributed by atoms with van der Waals surface area (Å²) in [6.45, 7) is 12.8. The second-order valence-corrected chi connectivity index (χ2v) is 17.4. The number of methoxy groups -OCH3 is 2. The topological polar surface area (TPSA) is 184 Å².